The predicted molar refractivity (Wildman–Crippen MR) is 86.6 cm³/mol. The van der Waals surface area contributed by atoms with Gasteiger partial charge in [-0.3, -0.25) is 14.8 Å². The second-order valence-electron chi connectivity index (χ2n) is 5.35. The molecule has 0 spiro atoms. The quantitative estimate of drug-likeness (QED) is 0.748. The molecule has 1 N–H and O–H groups in total. The van der Waals surface area contributed by atoms with Gasteiger partial charge in [-0.1, -0.05) is 11.2 Å². The highest BCUT2D eigenvalue weighted by molar-refractivity contribution is 5.76. The Hall–Kier alpha value is -3.09. The van der Waals surface area contributed by atoms with Crippen LogP contribution in [0.3, 0.4) is 0 Å². The average Bonchev–Trinajstić information content (AvgIpc) is 3.12. The maximum atomic E-state index is 12.0. The van der Waals surface area contributed by atoms with E-state index in [0.717, 1.165) is 11.1 Å². The lowest BCUT2D eigenvalue weighted by molar-refractivity contribution is -0.121. The first-order valence-electron chi connectivity index (χ1n) is 7.64. The highest BCUT2D eigenvalue weighted by Gasteiger charge is 2.17. The highest BCUT2D eigenvalue weighted by Crippen LogP contribution is 2.17. The molecule has 3 rings (SSSR count). The SMILES string of the molecule is C[C@H](NC(=O)CCc1cccnc1)c1nc(-c2cccnc2)no1. The molecule has 0 fully saturated rings. The van der Waals surface area contributed by atoms with Gasteiger partial charge in [-0.25, -0.2) is 0 Å². The van der Waals surface area contributed by atoms with Gasteiger partial charge < -0.3 is 9.84 Å². The summed E-state index contributed by atoms with van der Waals surface area (Å²) in [6.07, 6.45) is 7.81. The molecule has 7 nitrogen and oxygen atoms in total. The number of hydrogen-bond donors (Lipinski definition) is 1. The first-order valence-corrected chi connectivity index (χ1v) is 7.64. The Kier molecular flexibility index (Phi) is 4.90. The zero-order valence-electron chi connectivity index (χ0n) is 13.2. The molecule has 0 radical (unpaired) electrons. The number of amides is 1. The van der Waals surface area contributed by atoms with Crippen molar-refractivity contribution in [1.82, 2.24) is 25.4 Å². The zero-order chi connectivity index (χ0) is 16.8. The number of nitrogens with zero attached hydrogens (tertiary/aromatic N) is 4. The molecule has 1 atom stereocenters. The molecule has 122 valence electrons. The Morgan fingerprint density at radius 3 is 2.71 bits per heavy atom. The lowest BCUT2D eigenvalue weighted by Crippen LogP contribution is -2.27. The molecule has 24 heavy (non-hydrogen) atoms. The van der Waals surface area contributed by atoms with Crippen molar-refractivity contribution >= 4 is 5.91 Å². The molecule has 3 aromatic heterocycles. The second kappa shape index (κ2) is 7.45. The van der Waals surface area contributed by atoms with E-state index in [0.29, 0.717) is 24.6 Å². The van der Waals surface area contributed by atoms with E-state index < -0.39 is 0 Å². The van der Waals surface area contributed by atoms with Crippen molar-refractivity contribution in [3.8, 4) is 11.4 Å². The van der Waals surface area contributed by atoms with Crippen LogP contribution in [0.1, 0.15) is 30.8 Å². The van der Waals surface area contributed by atoms with E-state index in [1.165, 1.54) is 0 Å². The minimum atomic E-state index is -0.357. The Bertz CT molecular complexity index is 789. The smallest absolute Gasteiger partial charge is 0.249 e. The van der Waals surface area contributed by atoms with Crippen LogP contribution >= 0.6 is 0 Å². The molecule has 7 heteroatoms. The molecule has 0 aromatic carbocycles. The third-order valence-corrected chi connectivity index (χ3v) is 3.47. The van der Waals surface area contributed by atoms with E-state index in [4.69, 9.17) is 4.52 Å². The van der Waals surface area contributed by atoms with Crippen LogP contribution < -0.4 is 5.32 Å². The van der Waals surface area contributed by atoms with Gasteiger partial charge in [0.25, 0.3) is 0 Å². The molecule has 0 saturated heterocycles. The number of aryl methyl sites for hydroxylation is 1. The minimum Gasteiger partial charge on any atom is -0.345 e. The summed E-state index contributed by atoms with van der Waals surface area (Å²) in [7, 11) is 0. The van der Waals surface area contributed by atoms with Crippen LogP contribution in [-0.4, -0.2) is 26.0 Å². The van der Waals surface area contributed by atoms with E-state index in [1.54, 1.807) is 30.9 Å². The molecule has 0 aliphatic heterocycles. The topological polar surface area (TPSA) is 93.8 Å². The molecule has 0 aliphatic carbocycles. The van der Waals surface area contributed by atoms with Crippen LogP contribution in [0.5, 0.6) is 0 Å². The van der Waals surface area contributed by atoms with Gasteiger partial charge in [0.1, 0.15) is 6.04 Å². The van der Waals surface area contributed by atoms with Crippen molar-refractivity contribution in [2.24, 2.45) is 0 Å². The number of aromatic nitrogens is 4. The Morgan fingerprint density at radius 1 is 1.21 bits per heavy atom. The van der Waals surface area contributed by atoms with Crippen molar-refractivity contribution < 1.29 is 9.32 Å². The Morgan fingerprint density at radius 2 is 2.00 bits per heavy atom. The number of carbonyl (C=O) groups is 1. The summed E-state index contributed by atoms with van der Waals surface area (Å²) < 4.78 is 5.23. The number of pyridine rings is 2. The van der Waals surface area contributed by atoms with Gasteiger partial charge in [0.15, 0.2) is 0 Å². The number of hydrogen-bond acceptors (Lipinski definition) is 6. The third-order valence-electron chi connectivity index (χ3n) is 3.47. The summed E-state index contributed by atoms with van der Waals surface area (Å²) in [5, 5.41) is 6.78. The van der Waals surface area contributed by atoms with Crippen molar-refractivity contribution in [3.63, 3.8) is 0 Å². The van der Waals surface area contributed by atoms with Crippen LogP contribution in [0.25, 0.3) is 11.4 Å². The number of nitrogens with one attached hydrogen (secondary N) is 1. The molecule has 0 bridgehead atoms. The third kappa shape index (κ3) is 4.01. The van der Waals surface area contributed by atoms with Crippen LogP contribution in [0, 0.1) is 0 Å². The molecule has 1 amide bonds. The predicted octanol–water partition coefficient (Wildman–Crippen LogP) is 2.34. The summed E-state index contributed by atoms with van der Waals surface area (Å²) in [5.74, 6) is 0.741. The molecular weight excluding hydrogens is 306 g/mol. The van der Waals surface area contributed by atoms with Crippen LogP contribution in [0.15, 0.2) is 53.6 Å². The highest BCUT2D eigenvalue weighted by atomic mass is 16.5. The number of carbonyl (C=O) groups excluding carboxylic acids is 1. The van der Waals surface area contributed by atoms with Gasteiger partial charge in [0.2, 0.25) is 17.6 Å². The zero-order valence-corrected chi connectivity index (χ0v) is 13.2. The molecule has 0 saturated carbocycles. The van der Waals surface area contributed by atoms with E-state index in [9.17, 15) is 4.79 Å². The summed E-state index contributed by atoms with van der Waals surface area (Å²) in [5.41, 5.74) is 1.79. The average molecular weight is 323 g/mol. The van der Waals surface area contributed by atoms with Crippen LogP contribution in [0.2, 0.25) is 0 Å². The van der Waals surface area contributed by atoms with Gasteiger partial charge in [-0.15, -0.1) is 0 Å². The fraction of sp³-hybridized carbons (Fsp3) is 0.235. The lowest BCUT2D eigenvalue weighted by atomic mass is 10.1. The largest absolute Gasteiger partial charge is 0.345 e. The standard InChI is InChI=1S/C17H17N5O2/c1-12(20-15(23)7-6-13-4-2-8-18-10-13)17-21-16(22-24-17)14-5-3-9-19-11-14/h2-5,8-12H,6-7H2,1H3,(H,20,23)/t12-/m0/s1. The van der Waals surface area contributed by atoms with Crippen molar-refractivity contribution in [2.75, 3.05) is 0 Å². The van der Waals surface area contributed by atoms with E-state index in [2.05, 4.69) is 25.4 Å². The first kappa shape index (κ1) is 15.8. The maximum absolute atomic E-state index is 12.0. The van der Waals surface area contributed by atoms with Gasteiger partial charge in [0.05, 0.1) is 0 Å². The molecule has 0 unspecified atom stereocenters. The van der Waals surface area contributed by atoms with Gasteiger partial charge in [0, 0.05) is 36.8 Å². The fourth-order valence-electron chi connectivity index (χ4n) is 2.20. The first-order chi connectivity index (χ1) is 11.7. The summed E-state index contributed by atoms with van der Waals surface area (Å²) in [4.78, 5) is 24.4. The Labute approximate surface area is 139 Å². The van der Waals surface area contributed by atoms with Crippen molar-refractivity contribution in [1.29, 1.82) is 0 Å². The van der Waals surface area contributed by atoms with Gasteiger partial charge in [-0.2, -0.15) is 4.98 Å². The molecular formula is C17H17N5O2. The minimum absolute atomic E-state index is 0.0764. The summed E-state index contributed by atoms with van der Waals surface area (Å²) in [6, 6.07) is 7.09. The maximum Gasteiger partial charge on any atom is 0.249 e. The van der Waals surface area contributed by atoms with E-state index in [1.807, 2.05) is 25.1 Å². The van der Waals surface area contributed by atoms with E-state index >= 15 is 0 Å². The normalized spacial score (nSPS) is 11.9. The number of rotatable bonds is 6. The van der Waals surface area contributed by atoms with Crippen molar-refractivity contribution in [2.45, 2.75) is 25.8 Å². The van der Waals surface area contributed by atoms with E-state index in [-0.39, 0.29) is 11.9 Å². The Balaban J connectivity index is 1.56. The van der Waals surface area contributed by atoms with Gasteiger partial charge >= 0.3 is 0 Å². The fourth-order valence-corrected chi connectivity index (χ4v) is 2.20. The summed E-state index contributed by atoms with van der Waals surface area (Å²) in [6.45, 7) is 1.81. The molecule has 3 heterocycles. The molecule has 0 aliphatic rings. The van der Waals surface area contributed by atoms with Crippen LogP contribution in [-0.2, 0) is 11.2 Å². The van der Waals surface area contributed by atoms with Gasteiger partial charge in [-0.05, 0) is 37.1 Å². The van der Waals surface area contributed by atoms with Crippen LogP contribution in [0.4, 0.5) is 0 Å². The monoisotopic (exact) mass is 323 g/mol. The lowest BCUT2D eigenvalue weighted by Gasteiger charge is -2.09. The summed E-state index contributed by atoms with van der Waals surface area (Å²) >= 11 is 0. The molecule has 3 aromatic rings. The van der Waals surface area contributed by atoms with Crippen molar-refractivity contribution in [3.05, 3.63) is 60.5 Å². The second-order valence-corrected chi connectivity index (χ2v) is 5.35.